The summed E-state index contributed by atoms with van der Waals surface area (Å²) in [5, 5.41) is 11.6. The fourth-order valence-corrected chi connectivity index (χ4v) is 3.36. The first kappa shape index (κ1) is 16.8. The normalized spacial score (nSPS) is 16.5. The Morgan fingerprint density at radius 2 is 2.00 bits per heavy atom. The molecule has 3 aromatic rings. The van der Waals surface area contributed by atoms with Gasteiger partial charge in [-0.25, -0.2) is 9.50 Å². The number of fused-ring (bicyclic) bond motifs is 1. The van der Waals surface area contributed by atoms with E-state index in [4.69, 9.17) is 4.74 Å². The molecule has 2 N–H and O–H groups in total. The number of aryl methyl sites for hydroxylation is 1. The molecule has 0 spiro atoms. The second-order valence-corrected chi connectivity index (χ2v) is 6.88. The van der Waals surface area contributed by atoms with Crippen LogP contribution < -0.4 is 15.4 Å². The highest BCUT2D eigenvalue weighted by atomic mass is 16.5. The van der Waals surface area contributed by atoms with Crippen LogP contribution in [0.15, 0.2) is 42.6 Å². The molecule has 2 aromatic heterocycles. The van der Waals surface area contributed by atoms with Gasteiger partial charge in [0.05, 0.1) is 17.6 Å². The van der Waals surface area contributed by atoms with E-state index >= 15 is 0 Å². The molecule has 1 aromatic carbocycles. The lowest BCUT2D eigenvalue weighted by Crippen LogP contribution is -2.34. The number of piperidine rings is 1. The van der Waals surface area contributed by atoms with Gasteiger partial charge >= 0.3 is 0 Å². The Morgan fingerprint density at radius 1 is 1.23 bits per heavy atom. The summed E-state index contributed by atoms with van der Waals surface area (Å²) < 4.78 is 8.03. The zero-order valence-corrected chi connectivity index (χ0v) is 15.3. The van der Waals surface area contributed by atoms with Crippen LogP contribution in [0, 0.1) is 6.92 Å². The van der Waals surface area contributed by atoms with Crippen LogP contribution >= 0.6 is 0 Å². The van der Waals surface area contributed by atoms with Crippen LogP contribution in [0.1, 0.15) is 37.1 Å². The molecule has 6 nitrogen and oxygen atoms in total. The van der Waals surface area contributed by atoms with Crippen molar-refractivity contribution in [2.24, 2.45) is 0 Å². The van der Waals surface area contributed by atoms with E-state index in [1.165, 1.54) is 5.56 Å². The molecule has 136 valence electrons. The van der Waals surface area contributed by atoms with Gasteiger partial charge in [-0.1, -0.05) is 30.3 Å². The van der Waals surface area contributed by atoms with E-state index < -0.39 is 0 Å². The smallest absolute Gasteiger partial charge is 0.234 e. The highest BCUT2D eigenvalue weighted by molar-refractivity contribution is 5.69. The van der Waals surface area contributed by atoms with Crippen LogP contribution in [-0.2, 0) is 0 Å². The highest BCUT2D eigenvalue weighted by Crippen LogP contribution is 2.27. The van der Waals surface area contributed by atoms with Gasteiger partial charge in [-0.15, -0.1) is 5.10 Å². The van der Waals surface area contributed by atoms with Crippen LogP contribution in [0.2, 0.25) is 0 Å². The largest absolute Gasteiger partial charge is 0.473 e. The summed E-state index contributed by atoms with van der Waals surface area (Å²) in [5.41, 5.74) is 3.98. The zero-order valence-electron chi connectivity index (χ0n) is 15.3. The number of rotatable bonds is 5. The van der Waals surface area contributed by atoms with Gasteiger partial charge in [0.1, 0.15) is 6.10 Å². The van der Waals surface area contributed by atoms with Crippen LogP contribution in [0.4, 0.5) is 5.69 Å². The fraction of sp³-hybridized carbons (Fsp3) is 0.400. The third kappa shape index (κ3) is 3.51. The summed E-state index contributed by atoms with van der Waals surface area (Å²) >= 11 is 0. The average molecular weight is 351 g/mol. The van der Waals surface area contributed by atoms with Crippen LogP contribution in [0.3, 0.4) is 0 Å². The third-order valence-electron chi connectivity index (χ3n) is 4.86. The molecule has 6 heteroatoms. The molecule has 0 unspecified atom stereocenters. The number of hydrogen-bond acceptors (Lipinski definition) is 5. The molecule has 0 amide bonds. The average Bonchev–Trinajstić information content (AvgIpc) is 3.04. The van der Waals surface area contributed by atoms with Gasteiger partial charge in [0, 0.05) is 12.1 Å². The Morgan fingerprint density at radius 3 is 2.77 bits per heavy atom. The van der Waals surface area contributed by atoms with Crippen molar-refractivity contribution in [3.8, 4) is 5.88 Å². The molecule has 4 rings (SSSR count). The number of hydrogen-bond donors (Lipinski definition) is 2. The van der Waals surface area contributed by atoms with Crippen molar-refractivity contribution in [2.75, 3.05) is 18.4 Å². The molecular weight excluding hydrogens is 326 g/mol. The molecule has 0 saturated carbocycles. The summed E-state index contributed by atoms with van der Waals surface area (Å²) in [4.78, 5) is 4.53. The number of nitrogens with zero attached hydrogens (tertiary/aromatic N) is 3. The minimum atomic E-state index is 0.158. The van der Waals surface area contributed by atoms with Crippen molar-refractivity contribution >= 4 is 11.3 Å². The van der Waals surface area contributed by atoms with E-state index in [-0.39, 0.29) is 12.1 Å². The topological polar surface area (TPSA) is 63.5 Å². The summed E-state index contributed by atoms with van der Waals surface area (Å²) in [5.74, 6) is 0.647. The Labute approximate surface area is 153 Å². The number of benzene rings is 1. The molecule has 26 heavy (non-hydrogen) atoms. The molecule has 0 radical (unpaired) electrons. The van der Waals surface area contributed by atoms with Crippen molar-refractivity contribution < 1.29 is 4.74 Å². The van der Waals surface area contributed by atoms with Crippen molar-refractivity contribution in [3.05, 3.63) is 53.9 Å². The molecule has 1 aliphatic heterocycles. The zero-order chi connectivity index (χ0) is 17.9. The van der Waals surface area contributed by atoms with Crippen LogP contribution in [0.5, 0.6) is 5.88 Å². The van der Waals surface area contributed by atoms with Crippen LogP contribution in [0.25, 0.3) is 5.65 Å². The second-order valence-electron chi connectivity index (χ2n) is 6.88. The molecule has 3 heterocycles. The van der Waals surface area contributed by atoms with Gasteiger partial charge in [0.2, 0.25) is 5.88 Å². The Hall–Kier alpha value is -2.60. The minimum absolute atomic E-state index is 0.158. The molecule has 1 atom stereocenters. The minimum Gasteiger partial charge on any atom is -0.473 e. The van der Waals surface area contributed by atoms with E-state index in [9.17, 15) is 0 Å². The lowest BCUT2D eigenvalue weighted by Gasteiger charge is -2.24. The molecule has 1 saturated heterocycles. The predicted molar refractivity (Wildman–Crippen MR) is 103 cm³/mol. The number of imidazole rings is 1. The standard InChI is InChI=1S/C20H25N5O/c1-14-13-22-20-18(23-15(2)16-6-4-3-5-7-16)12-19(24-25(14)20)26-17-8-10-21-11-9-17/h3-7,12-13,15,17,21,23H,8-11H2,1-2H3/t15-/m0/s1. The lowest BCUT2D eigenvalue weighted by molar-refractivity contribution is 0.154. The number of aromatic nitrogens is 3. The fourth-order valence-electron chi connectivity index (χ4n) is 3.36. The van der Waals surface area contributed by atoms with Gasteiger partial charge in [-0.3, -0.25) is 0 Å². The first-order chi connectivity index (χ1) is 12.7. The molecule has 1 aliphatic rings. The summed E-state index contributed by atoms with van der Waals surface area (Å²) in [6.45, 7) is 6.14. The third-order valence-corrected chi connectivity index (χ3v) is 4.86. The van der Waals surface area contributed by atoms with Gasteiger partial charge < -0.3 is 15.4 Å². The molecular formula is C20H25N5O. The van der Waals surface area contributed by atoms with E-state index in [1.807, 2.05) is 29.8 Å². The second kappa shape index (κ2) is 7.33. The summed E-state index contributed by atoms with van der Waals surface area (Å²) in [6, 6.07) is 12.5. The Bertz CT molecular complexity index is 871. The van der Waals surface area contributed by atoms with Gasteiger partial charge in [0.15, 0.2) is 5.65 Å². The van der Waals surface area contributed by atoms with Crippen molar-refractivity contribution in [2.45, 2.75) is 38.8 Å². The van der Waals surface area contributed by atoms with Crippen molar-refractivity contribution in [3.63, 3.8) is 0 Å². The maximum absolute atomic E-state index is 6.18. The van der Waals surface area contributed by atoms with E-state index in [0.717, 1.165) is 43.0 Å². The molecule has 1 fully saturated rings. The number of anilines is 1. The van der Waals surface area contributed by atoms with Gasteiger partial charge in [-0.05, 0) is 45.3 Å². The maximum Gasteiger partial charge on any atom is 0.234 e. The first-order valence-corrected chi connectivity index (χ1v) is 9.25. The van der Waals surface area contributed by atoms with Crippen LogP contribution in [-0.4, -0.2) is 33.8 Å². The highest BCUT2D eigenvalue weighted by Gasteiger charge is 2.18. The predicted octanol–water partition coefficient (Wildman–Crippen LogP) is 3.34. The number of ether oxygens (including phenoxy) is 1. The maximum atomic E-state index is 6.18. The lowest BCUT2D eigenvalue weighted by atomic mass is 10.1. The number of nitrogens with one attached hydrogen (secondary N) is 2. The van der Waals surface area contributed by atoms with E-state index in [1.54, 1.807) is 0 Å². The Balaban J connectivity index is 1.63. The molecule has 0 aliphatic carbocycles. The first-order valence-electron chi connectivity index (χ1n) is 9.25. The van der Waals surface area contributed by atoms with Gasteiger partial charge in [-0.2, -0.15) is 0 Å². The summed E-state index contributed by atoms with van der Waals surface area (Å²) in [7, 11) is 0. The van der Waals surface area contributed by atoms with Crippen molar-refractivity contribution in [1.29, 1.82) is 0 Å². The van der Waals surface area contributed by atoms with Crippen molar-refractivity contribution in [1.82, 2.24) is 19.9 Å². The van der Waals surface area contributed by atoms with E-state index in [0.29, 0.717) is 5.88 Å². The monoisotopic (exact) mass is 351 g/mol. The van der Waals surface area contributed by atoms with Gasteiger partial charge in [0.25, 0.3) is 0 Å². The van der Waals surface area contributed by atoms with E-state index in [2.05, 4.69) is 51.9 Å². The summed E-state index contributed by atoms with van der Waals surface area (Å²) in [6.07, 6.45) is 4.07. The molecule has 0 bridgehead atoms. The quantitative estimate of drug-likeness (QED) is 0.738. The Kier molecular flexibility index (Phi) is 4.75. The SMILES string of the molecule is Cc1cnc2c(N[C@@H](C)c3ccccc3)cc(OC3CCNCC3)nn12.